The number of benzene rings is 1. The number of amides is 1. The maximum Gasteiger partial charge on any atom is 0.417 e. The van der Waals surface area contributed by atoms with Gasteiger partial charge in [-0.3, -0.25) is 14.8 Å². The van der Waals surface area contributed by atoms with Crippen LogP contribution in [-0.4, -0.2) is 72.4 Å². The Morgan fingerprint density at radius 1 is 1.12 bits per heavy atom. The van der Waals surface area contributed by atoms with Gasteiger partial charge >= 0.3 is 6.18 Å². The molecule has 1 aliphatic heterocycles. The summed E-state index contributed by atoms with van der Waals surface area (Å²) in [6, 6.07) is 10.6. The fourth-order valence-electron chi connectivity index (χ4n) is 4.91. The van der Waals surface area contributed by atoms with Crippen molar-refractivity contribution in [2.75, 3.05) is 19.6 Å². The van der Waals surface area contributed by atoms with E-state index in [2.05, 4.69) is 30.6 Å². The van der Waals surface area contributed by atoms with Gasteiger partial charge in [0.2, 0.25) is 0 Å². The molecule has 1 amide bonds. The molecule has 14 heteroatoms. The Hall–Kier alpha value is -4.20. The van der Waals surface area contributed by atoms with E-state index in [1.54, 1.807) is 23.1 Å². The molecule has 0 saturated carbocycles. The second-order valence-corrected chi connectivity index (χ2v) is 9.89. The number of carbonyl (C=O) groups excluding carboxylic acids is 1. The van der Waals surface area contributed by atoms with Crippen LogP contribution < -0.4 is 5.32 Å². The number of nitrogens with one attached hydrogen (secondary N) is 2. The van der Waals surface area contributed by atoms with Crippen LogP contribution in [0.3, 0.4) is 0 Å². The Morgan fingerprint density at radius 2 is 1.93 bits per heavy atom. The summed E-state index contributed by atoms with van der Waals surface area (Å²) in [4.78, 5) is 23.4. The molecule has 0 spiro atoms. The number of rotatable bonds is 9. The van der Waals surface area contributed by atoms with Crippen molar-refractivity contribution < 1.29 is 26.7 Å². The largest absolute Gasteiger partial charge is 0.417 e. The minimum atomic E-state index is -4.65. The standard InChI is InChI=1S/C27H27F5N8O/c28-26(29)10-5-12-39(16-26)13-9-18(14-23-34-17-35-37-23)36-25(41)21-15-22(40(38-21)24-8-3-4-11-33-24)19-6-1-2-7-20(19)27(30,31)32/h1-4,6-8,11,15,17-18H,5,9-10,12-14,16H2,(H,36,41)(H,34,35,37). The molecule has 216 valence electrons. The second kappa shape index (κ2) is 11.7. The van der Waals surface area contributed by atoms with Crippen molar-refractivity contribution in [3.05, 3.63) is 78.1 Å². The van der Waals surface area contributed by atoms with Gasteiger partial charge in [-0.25, -0.2) is 23.4 Å². The zero-order chi connectivity index (χ0) is 29.0. The third-order valence-corrected chi connectivity index (χ3v) is 6.82. The topological polar surface area (TPSA) is 105 Å². The van der Waals surface area contributed by atoms with Crippen molar-refractivity contribution in [1.82, 2.24) is 40.2 Å². The number of pyridine rings is 1. The number of nitrogens with zero attached hydrogens (tertiary/aromatic N) is 6. The van der Waals surface area contributed by atoms with Crippen LogP contribution in [0.2, 0.25) is 0 Å². The van der Waals surface area contributed by atoms with E-state index in [-0.39, 0.29) is 42.2 Å². The SMILES string of the molecule is O=C(NC(CCN1CCCC(F)(F)C1)Cc1ncn[nH]1)c1cc(-c2ccccc2C(F)(F)F)n(-c2ccccn2)n1. The number of H-pyrrole nitrogens is 1. The molecule has 3 aromatic heterocycles. The van der Waals surface area contributed by atoms with E-state index in [0.29, 0.717) is 31.8 Å². The van der Waals surface area contributed by atoms with Crippen molar-refractivity contribution >= 4 is 5.91 Å². The van der Waals surface area contributed by atoms with Gasteiger partial charge < -0.3 is 5.32 Å². The van der Waals surface area contributed by atoms with E-state index >= 15 is 0 Å². The highest BCUT2D eigenvalue weighted by molar-refractivity contribution is 5.94. The predicted octanol–water partition coefficient (Wildman–Crippen LogP) is 4.53. The van der Waals surface area contributed by atoms with Gasteiger partial charge in [0.1, 0.15) is 12.2 Å². The first-order chi connectivity index (χ1) is 19.6. The number of likely N-dealkylation sites (tertiary alicyclic amines) is 1. The number of alkyl halides is 5. The summed E-state index contributed by atoms with van der Waals surface area (Å²) in [6.45, 7) is 0.475. The van der Waals surface area contributed by atoms with Crippen LogP contribution >= 0.6 is 0 Å². The van der Waals surface area contributed by atoms with Gasteiger partial charge in [0, 0.05) is 37.2 Å². The molecule has 2 N–H and O–H groups in total. The van der Waals surface area contributed by atoms with E-state index in [4.69, 9.17) is 0 Å². The number of hydrogen-bond donors (Lipinski definition) is 2. The van der Waals surface area contributed by atoms with E-state index in [9.17, 15) is 26.7 Å². The number of hydrogen-bond acceptors (Lipinski definition) is 6. The normalized spacial score (nSPS) is 16.4. The summed E-state index contributed by atoms with van der Waals surface area (Å²) in [7, 11) is 0. The fourth-order valence-corrected chi connectivity index (χ4v) is 4.91. The van der Waals surface area contributed by atoms with Crippen LogP contribution in [0.5, 0.6) is 0 Å². The monoisotopic (exact) mass is 574 g/mol. The highest BCUT2D eigenvalue weighted by Crippen LogP contribution is 2.37. The van der Waals surface area contributed by atoms with Crippen molar-refractivity contribution in [3.8, 4) is 17.1 Å². The highest BCUT2D eigenvalue weighted by atomic mass is 19.4. The highest BCUT2D eigenvalue weighted by Gasteiger charge is 2.36. The third-order valence-electron chi connectivity index (χ3n) is 6.82. The number of carbonyl (C=O) groups is 1. The van der Waals surface area contributed by atoms with Gasteiger partial charge in [-0.15, -0.1) is 0 Å². The van der Waals surface area contributed by atoms with Crippen LogP contribution in [0, 0.1) is 0 Å². The smallest absolute Gasteiger partial charge is 0.347 e. The van der Waals surface area contributed by atoms with Gasteiger partial charge in [0.25, 0.3) is 11.8 Å². The Bertz CT molecular complexity index is 1460. The van der Waals surface area contributed by atoms with Crippen molar-refractivity contribution in [2.45, 2.75) is 43.8 Å². The average Bonchev–Trinajstić information content (AvgIpc) is 3.62. The Morgan fingerprint density at radius 3 is 2.63 bits per heavy atom. The molecule has 4 heterocycles. The lowest BCUT2D eigenvalue weighted by Gasteiger charge is -2.33. The Balaban J connectivity index is 1.43. The zero-order valence-corrected chi connectivity index (χ0v) is 21.8. The first-order valence-corrected chi connectivity index (χ1v) is 13.0. The number of piperidine rings is 1. The Kier molecular flexibility index (Phi) is 8.10. The summed E-state index contributed by atoms with van der Waals surface area (Å²) in [5, 5.41) is 13.7. The van der Waals surface area contributed by atoms with Crippen LogP contribution in [0.1, 0.15) is 41.1 Å². The second-order valence-electron chi connectivity index (χ2n) is 9.89. The number of aromatic nitrogens is 6. The molecule has 4 aromatic rings. The molecular weight excluding hydrogens is 547 g/mol. The number of aromatic amines is 1. The minimum absolute atomic E-state index is 0.0316. The average molecular weight is 575 g/mol. The maximum atomic E-state index is 13.9. The zero-order valence-electron chi connectivity index (χ0n) is 21.8. The molecule has 1 atom stereocenters. The maximum absolute atomic E-state index is 13.9. The molecule has 1 unspecified atom stereocenters. The summed E-state index contributed by atoms with van der Waals surface area (Å²) in [6.07, 6.45) is -1.08. The van der Waals surface area contributed by atoms with Gasteiger partial charge in [-0.2, -0.15) is 23.4 Å². The molecule has 0 aliphatic carbocycles. The van der Waals surface area contributed by atoms with Gasteiger partial charge in [0.05, 0.1) is 17.8 Å². The van der Waals surface area contributed by atoms with E-state index in [0.717, 1.165) is 6.07 Å². The quantitative estimate of drug-likeness (QED) is 0.285. The Labute approximate surface area is 231 Å². The van der Waals surface area contributed by atoms with Crippen LogP contribution in [-0.2, 0) is 12.6 Å². The first kappa shape index (κ1) is 28.3. The lowest BCUT2D eigenvalue weighted by atomic mass is 10.0. The predicted molar refractivity (Wildman–Crippen MR) is 138 cm³/mol. The summed E-state index contributed by atoms with van der Waals surface area (Å²) in [5.74, 6) is -2.69. The third kappa shape index (κ3) is 6.93. The van der Waals surface area contributed by atoms with Crippen LogP contribution in [0.15, 0.2) is 61.1 Å². The summed E-state index contributed by atoms with van der Waals surface area (Å²) in [5.41, 5.74) is -1.15. The number of halogens is 5. The lowest BCUT2D eigenvalue weighted by Crippen LogP contribution is -2.45. The molecule has 1 aromatic carbocycles. The fraction of sp³-hybridized carbons (Fsp3) is 0.370. The van der Waals surface area contributed by atoms with E-state index in [1.165, 1.54) is 41.5 Å². The van der Waals surface area contributed by atoms with Gasteiger partial charge in [-0.1, -0.05) is 24.3 Å². The lowest BCUT2D eigenvalue weighted by molar-refractivity contribution is -0.137. The minimum Gasteiger partial charge on any atom is -0.347 e. The molecule has 9 nitrogen and oxygen atoms in total. The van der Waals surface area contributed by atoms with Crippen molar-refractivity contribution in [2.24, 2.45) is 0 Å². The molecule has 0 radical (unpaired) electrons. The van der Waals surface area contributed by atoms with E-state index in [1.807, 2.05) is 0 Å². The van der Waals surface area contributed by atoms with E-state index < -0.39 is 29.6 Å². The van der Waals surface area contributed by atoms with Crippen LogP contribution in [0.4, 0.5) is 22.0 Å². The molecule has 41 heavy (non-hydrogen) atoms. The van der Waals surface area contributed by atoms with Crippen LogP contribution in [0.25, 0.3) is 17.1 Å². The molecule has 0 bridgehead atoms. The molecular formula is C27H27F5N8O. The first-order valence-electron chi connectivity index (χ1n) is 13.0. The molecule has 5 rings (SSSR count). The molecule has 1 saturated heterocycles. The molecule has 1 fully saturated rings. The molecule has 1 aliphatic rings. The van der Waals surface area contributed by atoms with Crippen molar-refractivity contribution in [1.29, 1.82) is 0 Å². The van der Waals surface area contributed by atoms with Gasteiger partial charge in [-0.05, 0) is 43.7 Å². The summed E-state index contributed by atoms with van der Waals surface area (Å²) < 4.78 is 70.7. The van der Waals surface area contributed by atoms with Crippen molar-refractivity contribution in [3.63, 3.8) is 0 Å². The summed E-state index contributed by atoms with van der Waals surface area (Å²) >= 11 is 0. The van der Waals surface area contributed by atoms with Gasteiger partial charge in [0.15, 0.2) is 11.5 Å².